The predicted octanol–water partition coefficient (Wildman–Crippen LogP) is 6.80. The number of halogens is 1. The van der Waals surface area contributed by atoms with Crippen LogP contribution in [0.2, 0.25) is 0 Å². The molecule has 4 unspecified atom stereocenters. The van der Waals surface area contributed by atoms with Gasteiger partial charge in [-0.3, -0.25) is 9.59 Å². The van der Waals surface area contributed by atoms with E-state index < -0.39 is 0 Å². The highest BCUT2D eigenvalue weighted by Crippen LogP contribution is 2.59. The van der Waals surface area contributed by atoms with Gasteiger partial charge in [-0.15, -0.1) is 0 Å². The van der Waals surface area contributed by atoms with Gasteiger partial charge >= 0.3 is 0 Å². The van der Waals surface area contributed by atoms with Gasteiger partial charge < -0.3 is 0 Å². The Kier molecular flexibility index (Phi) is 5.19. The summed E-state index contributed by atoms with van der Waals surface area (Å²) in [5, 5.41) is 0. The molecule has 0 N–H and O–H groups in total. The highest BCUT2D eigenvalue weighted by atomic mass is 79.9. The van der Waals surface area contributed by atoms with Crippen molar-refractivity contribution in [2.75, 3.05) is 4.90 Å². The standard InChI is InChI=1S/C31H26BrNO2/c1-17-4-9-20(10-5-17)26(21-11-6-18(2)7-12-21)27-23-14-15-24(27)29-28(23)30(34)33(31(29)35)22-13-8-19(3)25(32)16-22/h4-16,23-24,28-29H,1-3H3. The minimum Gasteiger partial charge on any atom is -0.274 e. The second-order valence-electron chi connectivity index (χ2n) is 10.00. The predicted molar refractivity (Wildman–Crippen MR) is 143 cm³/mol. The molecule has 35 heavy (non-hydrogen) atoms. The lowest BCUT2D eigenvalue weighted by atomic mass is 9.85. The molecular weight excluding hydrogens is 498 g/mol. The number of amides is 2. The van der Waals surface area contributed by atoms with E-state index in [1.54, 1.807) is 0 Å². The number of hydrogen-bond donors (Lipinski definition) is 0. The van der Waals surface area contributed by atoms with Crippen molar-refractivity contribution in [1.82, 2.24) is 0 Å². The van der Waals surface area contributed by atoms with Gasteiger partial charge in [-0.2, -0.15) is 0 Å². The van der Waals surface area contributed by atoms with E-state index in [2.05, 4.69) is 90.5 Å². The fourth-order valence-corrected chi connectivity index (χ4v) is 6.38. The molecule has 1 saturated heterocycles. The summed E-state index contributed by atoms with van der Waals surface area (Å²) in [6.45, 7) is 6.17. The molecule has 0 aromatic heterocycles. The van der Waals surface area contributed by atoms with Gasteiger partial charge in [0.2, 0.25) is 11.8 Å². The Hall–Kier alpha value is -3.24. The number of nitrogens with zero attached hydrogens (tertiary/aromatic N) is 1. The number of carbonyl (C=O) groups is 2. The van der Waals surface area contributed by atoms with Gasteiger partial charge in [0.1, 0.15) is 0 Å². The van der Waals surface area contributed by atoms with Gasteiger partial charge in [0.25, 0.3) is 0 Å². The van der Waals surface area contributed by atoms with Gasteiger partial charge in [0, 0.05) is 16.3 Å². The summed E-state index contributed by atoms with van der Waals surface area (Å²) in [6.07, 6.45) is 4.31. The molecule has 4 heteroatoms. The Morgan fingerprint density at radius 3 is 1.66 bits per heavy atom. The van der Waals surface area contributed by atoms with Crippen LogP contribution in [0.15, 0.2) is 88.9 Å². The summed E-state index contributed by atoms with van der Waals surface area (Å²) in [7, 11) is 0. The summed E-state index contributed by atoms with van der Waals surface area (Å²) in [5.41, 5.74) is 8.76. The largest absolute Gasteiger partial charge is 0.274 e. The van der Waals surface area contributed by atoms with Crippen molar-refractivity contribution in [1.29, 1.82) is 0 Å². The van der Waals surface area contributed by atoms with Gasteiger partial charge in [0.05, 0.1) is 17.5 Å². The molecule has 174 valence electrons. The van der Waals surface area contributed by atoms with E-state index in [9.17, 15) is 9.59 Å². The zero-order chi connectivity index (χ0) is 24.4. The van der Waals surface area contributed by atoms with Crippen molar-refractivity contribution in [3.05, 3.63) is 117 Å². The number of rotatable bonds is 3. The molecule has 2 bridgehead atoms. The lowest BCUT2D eigenvalue weighted by molar-refractivity contribution is -0.122. The summed E-state index contributed by atoms with van der Waals surface area (Å²) in [4.78, 5) is 28.9. The number of hydrogen-bond acceptors (Lipinski definition) is 2. The summed E-state index contributed by atoms with van der Waals surface area (Å²) >= 11 is 3.55. The van der Waals surface area contributed by atoms with E-state index >= 15 is 0 Å². The van der Waals surface area contributed by atoms with Gasteiger partial charge in [-0.25, -0.2) is 4.90 Å². The zero-order valence-corrected chi connectivity index (χ0v) is 21.5. The van der Waals surface area contributed by atoms with Crippen LogP contribution in [0.5, 0.6) is 0 Å². The van der Waals surface area contributed by atoms with Gasteiger partial charge in [-0.1, -0.05) is 93.8 Å². The first-order valence-corrected chi connectivity index (χ1v) is 12.8. The van der Waals surface area contributed by atoms with Crippen LogP contribution >= 0.6 is 15.9 Å². The monoisotopic (exact) mass is 523 g/mol. The first-order chi connectivity index (χ1) is 16.8. The molecule has 3 aromatic carbocycles. The minimum absolute atomic E-state index is 0.0713. The van der Waals surface area contributed by atoms with E-state index in [0.29, 0.717) is 5.69 Å². The first kappa shape index (κ1) is 22.2. The van der Waals surface area contributed by atoms with Crippen LogP contribution in [0.4, 0.5) is 5.69 Å². The van der Waals surface area contributed by atoms with E-state index in [4.69, 9.17) is 0 Å². The normalized spacial score (nSPS) is 24.5. The average molecular weight is 524 g/mol. The lowest BCUT2D eigenvalue weighted by Crippen LogP contribution is -2.33. The van der Waals surface area contributed by atoms with Crippen LogP contribution in [0.1, 0.15) is 27.8 Å². The van der Waals surface area contributed by atoms with E-state index in [1.807, 2.05) is 25.1 Å². The van der Waals surface area contributed by atoms with Crippen molar-refractivity contribution < 1.29 is 9.59 Å². The highest BCUT2D eigenvalue weighted by Gasteiger charge is 2.62. The number of benzene rings is 3. The molecule has 2 fully saturated rings. The third-order valence-corrected chi connectivity index (χ3v) is 8.65. The van der Waals surface area contributed by atoms with Gasteiger partial charge in [0.15, 0.2) is 0 Å². The number of allylic oxidation sites excluding steroid dienone is 3. The average Bonchev–Trinajstić information content (AvgIpc) is 3.48. The Bertz CT molecular complexity index is 1350. The zero-order valence-electron chi connectivity index (χ0n) is 20.0. The van der Waals surface area contributed by atoms with Crippen LogP contribution in [0.25, 0.3) is 5.57 Å². The Morgan fingerprint density at radius 2 is 1.20 bits per heavy atom. The molecule has 6 rings (SSSR count). The van der Waals surface area contributed by atoms with Crippen LogP contribution in [0.3, 0.4) is 0 Å². The fraction of sp³-hybridized carbons (Fsp3) is 0.226. The number of imide groups is 1. The Morgan fingerprint density at radius 1 is 0.714 bits per heavy atom. The molecule has 1 heterocycles. The van der Waals surface area contributed by atoms with E-state index in [-0.39, 0.29) is 35.5 Å². The van der Waals surface area contributed by atoms with Crippen LogP contribution in [0, 0.1) is 44.4 Å². The maximum absolute atomic E-state index is 13.7. The van der Waals surface area contributed by atoms with Crippen molar-refractivity contribution in [3.63, 3.8) is 0 Å². The topological polar surface area (TPSA) is 37.4 Å². The first-order valence-electron chi connectivity index (χ1n) is 12.1. The molecule has 0 spiro atoms. The molecule has 1 aliphatic heterocycles. The number of aryl methyl sites for hydroxylation is 3. The van der Waals surface area contributed by atoms with Crippen molar-refractivity contribution in [3.8, 4) is 0 Å². The summed E-state index contributed by atoms with van der Waals surface area (Å²) < 4.78 is 0.898. The van der Waals surface area contributed by atoms with Crippen LogP contribution in [-0.4, -0.2) is 11.8 Å². The third-order valence-electron chi connectivity index (χ3n) is 7.80. The van der Waals surface area contributed by atoms with Crippen molar-refractivity contribution >= 4 is 39.0 Å². The SMILES string of the molecule is Cc1ccc(C(=C2C3C=CC2C2C(=O)N(c4ccc(C)c(Br)c4)C(=O)C32)c2ccc(C)cc2)cc1. The molecule has 3 aromatic rings. The maximum atomic E-state index is 13.7. The second kappa shape index (κ2) is 8.17. The van der Waals surface area contributed by atoms with E-state index in [0.717, 1.165) is 26.7 Å². The molecule has 4 atom stereocenters. The molecule has 3 aliphatic rings. The number of carbonyl (C=O) groups excluding carboxylic acids is 2. The fourth-order valence-electron chi connectivity index (χ4n) is 6.01. The number of anilines is 1. The molecular formula is C31H26BrNO2. The lowest BCUT2D eigenvalue weighted by Gasteiger charge is -2.22. The van der Waals surface area contributed by atoms with Crippen LogP contribution < -0.4 is 4.90 Å². The quantitative estimate of drug-likeness (QED) is 0.279. The molecule has 3 nitrogen and oxygen atoms in total. The molecule has 0 radical (unpaired) electrons. The summed E-state index contributed by atoms with van der Waals surface area (Å²) in [5.74, 6) is -1.01. The minimum atomic E-state index is -0.349. The van der Waals surface area contributed by atoms with E-state index in [1.165, 1.54) is 21.6 Å². The molecule has 2 amide bonds. The Labute approximate surface area is 214 Å². The van der Waals surface area contributed by atoms with Gasteiger partial charge in [-0.05, 0) is 60.7 Å². The third kappa shape index (κ3) is 3.38. The highest BCUT2D eigenvalue weighted by molar-refractivity contribution is 9.10. The molecule has 1 saturated carbocycles. The van der Waals surface area contributed by atoms with Crippen molar-refractivity contribution in [2.24, 2.45) is 23.7 Å². The maximum Gasteiger partial charge on any atom is 0.238 e. The van der Waals surface area contributed by atoms with Crippen molar-refractivity contribution in [2.45, 2.75) is 20.8 Å². The molecule has 2 aliphatic carbocycles. The second-order valence-corrected chi connectivity index (χ2v) is 10.9. The number of fused-ring (bicyclic) bond motifs is 5. The van der Waals surface area contributed by atoms with Crippen LogP contribution in [-0.2, 0) is 9.59 Å². The smallest absolute Gasteiger partial charge is 0.238 e. The Balaban J connectivity index is 1.48. The summed E-state index contributed by atoms with van der Waals surface area (Å²) in [6, 6.07) is 22.8.